The lowest BCUT2D eigenvalue weighted by atomic mass is 10.1. The molecule has 0 radical (unpaired) electrons. The number of rotatable bonds is 0. The summed E-state index contributed by atoms with van der Waals surface area (Å²) in [5.74, 6) is 0.670. The Hall–Kier alpha value is -0.0800. The quantitative estimate of drug-likeness (QED) is 0.499. The van der Waals surface area contributed by atoms with E-state index in [-0.39, 0.29) is 0 Å². The molecule has 1 rings (SSSR count). The van der Waals surface area contributed by atoms with E-state index in [4.69, 9.17) is 4.74 Å². The van der Waals surface area contributed by atoms with E-state index in [1.54, 1.807) is 0 Å². The maximum atomic E-state index is 5.28. The lowest BCUT2D eigenvalue weighted by Crippen LogP contribution is -2.38. The summed E-state index contributed by atoms with van der Waals surface area (Å²) in [6.45, 7) is 6.13. The van der Waals surface area contributed by atoms with Crippen molar-refractivity contribution < 1.29 is 4.74 Å². The molecule has 1 saturated heterocycles. The van der Waals surface area contributed by atoms with Crippen LogP contribution >= 0.6 is 0 Å². The van der Waals surface area contributed by atoms with Crippen molar-refractivity contribution in [3.63, 3.8) is 0 Å². The molecule has 0 aromatic heterocycles. The van der Waals surface area contributed by atoms with Gasteiger partial charge in [-0.15, -0.1) is 0 Å². The van der Waals surface area contributed by atoms with Crippen LogP contribution in [0.3, 0.4) is 0 Å². The molecule has 8 heavy (non-hydrogen) atoms. The van der Waals surface area contributed by atoms with E-state index in [9.17, 15) is 0 Å². The van der Waals surface area contributed by atoms with Crippen molar-refractivity contribution in [1.29, 1.82) is 0 Å². The van der Waals surface area contributed by atoms with Gasteiger partial charge < -0.3 is 4.74 Å². The fourth-order valence-electron chi connectivity index (χ4n) is 0.807. The molecule has 2 atom stereocenters. The standard InChI is InChI=1S/C6H13NO/c1-5-3-7-4-8-6(5)2/h5-7H,3-4H2,1-2H3/t5?,6-/m0/s1. The van der Waals surface area contributed by atoms with Gasteiger partial charge in [0.15, 0.2) is 0 Å². The van der Waals surface area contributed by atoms with Gasteiger partial charge in [-0.25, -0.2) is 0 Å². The first-order valence-corrected chi connectivity index (χ1v) is 3.13. The summed E-state index contributed by atoms with van der Waals surface area (Å²) < 4.78 is 5.28. The molecule has 2 nitrogen and oxygen atoms in total. The van der Waals surface area contributed by atoms with Gasteiger partial charge in [0, 0.05) is 6.54 Å². The molecule has 0 saturated carbocycles. The Labute approximate surface area is 50.2 Å². The smallest absolute Gasteiger partial charge is 0.0969 e. The van der Waals surface area contributed by atoms with Gasteiger partial charge in [-0.2, -0.15) is 0 Å². The van der Waals surface area contributed by atoms with E-state index in [2.05, 4.69) is 19.2 Å². The van der Waals surface area contributed by atoms with Crippen molar-refractivity contribution in [2.45, 2.75) is 20.0 Å². The van der Waals surface area contributed by atoms with Crippen molar-refractivity contribution in [2.24, 2.45) is 5.92 Å². The Bertz CT molecular complexity index is 64.9. The van der Waals surface area contributed by atoms with Crippen LogP contribution in [-0.2, 0) is 4.74 Å². The average Bonchev–Trinajstić information content (AvgIpc) is 1.77. The molecule has 0 amide bonds. The van der Waals surface area contributed by atoms with Crippen molar-refractivity contribution >= 4 is 0 Å². The Morgan fingerprint density at radius 1 is 1.50 bits per heavy atom. The lowest BCUT2D eigenvalue weighted by Gasteiger charge is -2.26. The summed E-state index contributed by atoms with van der Waals surface area (Å²) in [6, 6.07) is 0. The Morgan fingerprint density at radius 2 is 2.25 bits per heavy atom. The minimum absolute atomic E-state index is 0.441. The molecule has 0 spiro atoms. The summed E-state index contributed by atoms with van der Waals surface area (Å²) in [6.07, 6.45) is 0.441. The molecule has 1 fully saturated rings. The molecule has 1 aliphatic rings. The van der Waals surface area contributed by atoms with E-state index in [0.717, 1.165) is 13.3 Å². The molecule has 0 aliphatic carbocycles. The molecule has 0 aromatic carbocycles. The van der Waals surface area contributed by atoms with Gasteiger partial charge in [-0.1, -0.05) is 6.92 Å². The predicted molar refractivity (Wildman–Crippen MR) is 32.6 cm³/mol. The molecule has 0 bridgehead atoms. The van der Waals surface area contributed by atoms with Crippen LogP contribution in [0.5, 0.6) is 0 Å². The minimum Gasteiger partial charge on any atom is -0.363 e. The zero-order valence-electron chi connectivity index (χ0n) is 5.48. The molecule has 1 N–H and O–H groups in total. The fraction of sp³-hybridized carbons (Fsp3) is 1.00. The Balaban J connectivity index is 2.28. The maximum Gasteiger partial charge on any atom is 0.0969 e. The summed E-state index contributed by atoms with van der Waals surface area (Å²) in [5, 5.41) is 3.14. The van der Waals surface area contributed by atoms with Gasteiger partial charge in [0.05, 0.1) is 12.8 Å². The molecular weight excluding hydrogens is 102 g/mol. The molecule has 0 aromatic rings. The highest BCUT2D eigenvalue weighted by Gasteiger charge is 2.15. The van der Waals surface area contributed by atoms with E-state index >= 15 is 0 Å². The second-order valence-corrected chi connectivity index (χ2v) is 2.45. The summed E-state index contributed by atoms with van der Waals surface area (Å²) in [5.41, 5.74) is 0. The van der Waals surface area contributed by atoms with Gasteiger partial charge in [-0.3, -0.25) is 5.32 Å². The fourth-order valence-corrected chi connectivity index (χ4v) is 0.807. The van der Waals surface area contributed by atoms with Crippen molar-refractivity contribution in [1.82, 2.24) is 5.32 Å². The number of nitrogens with one attached hydrogen (secondary N) is 1. The molecule has 1 aliphatic heterocycles. The first-order valence-electron chi connectivity index (χ1n) is 3.13. The van der Waals surface area contributed by atoms with E-state index < -0.39 is 0 Å². The largest absolute Gasteiger partial charge is 0.363 e. The van der Waals surface area contributed by atoms with E-state index in [1.807, 2.05) is 0 Å². The molecule has 48 valence electrons. The predicted octanol–water partition coefficient (Wildman–Crippen LogP) is 0.588. The summed E-state index contributed by atoms with van der Waals surface area (Å²) in [7, 11) is 0. The second kappa shape index (κ2) is 2.46. The molecule has 1 heterocycles. The monoisotopic (exact) mass is 115 g/mol. The van der Waals surface area contributed by atoms with Gasteiger partial charge in [0.1, 0.15) is 0 Å². The number of hydrogen-bond donors (Lipinski definition) is 1. The van der Waals surface area contributed by atoms with Gasteiger partial charge in [0.2, 0.25) is 0 Å². The molecule has 1 unspecified atom stereocenters. The van der Waals surface area contributed by atoms with E-state index in [1.165, 1.54) is 0 Å². The van der Waals surface area contributed by atoms with Crippen LogP contribution in [-0.4, -0.2) is 19.4 Å². The Morgan fingerprint density at radius 3 is 2.62 bits per heavy atom. The highest BCUT2D eigenvalue weighted by molar-refractivity contribution is 4.66. The first kappa shape index (κ1) is 6.05. The van der Waals surface area contributed by atoms with Gasteiger partial charge in [0.25, 0.3) is 0 Å². The van der Waals surface area contributed by atoms with Crippen LogP contribution in [0.1, 0.15) is 13.8 Å². The third-order valence-corrected chi connectivity index (χ3v) is 1.72. The second-order valence-electron chi connectivity index (χ2n) is 2.45. The van der Waals surface area contributed by atoms with E-state index in [0.29, 0.717) is 12.0 Å². The number of ether oxygens (including phenoxy) is 1. The van der Waals surface area contributed by atoms with Crippen molar-refractivity contribution in [2.75, 3.05) is 13.3 Å². The SMILES string of the molecule is CC1CNCO[C@H]1C. The van der Waals surface area contributed by atoms with Gasteiger partial charge >= 0.3 is 0 Å². The van der Waals surface area contributed by atoms with Crippen LogP contribution in [0.2, 0.25) is 0 Å². The minimum atomic E-state index is 0.441. The lowest BCUT2D eigenvalue weighted by molar-refractivity contribution is -0.0148. The molecule has 2 heteroatoms. The summed E-state index contributed by atoms with van der Waals surface area (Å²) in [4.78, 5) is 0. The zero-order chi connectivity index (χ0) is 5.98. The van der Waals surface area contributed by atoms with Crippen molar-refractivity contribution in [3.8, 4) is 0 Å². The zero-order valence-corrected chi connectivity index (χ0v) is 5.48. The number of hydrogen-bond acceptors (Lipinski definition) is 2. The highest BCUT2D eigenvalue weighted by atomic mass is 16.5. The Kier molecular flexibility index (Phi) is 1.86. The topological polar surface area (TPSA) is 21.3 Å². The first-order chi connectivity index (χ1) is 3.80. The van der Waals surface area contributed by atoms with Crippen LogP contribution in [0.25, 0.3) is 0 Å². The highest BCUT2D eigenvalue weighted by Crippen LogP contribution is 2.07. The van der Waals surface area contributed by atoms with Crippen molar-refractivity contribution in [3.05, 3.63) is 0 Å². The summed E-state index contributed by atoms with van der Waals surface area (Å²) >= 11 is 0. The third kappa shape index (κ3) is 1.20. The third-order valence-electron chi connectivity index (χ3n) is 1.72. The average molecular weight is 115 g/mol. The van der Waals surface area contributed by atoms with Crippen LogP contribution in [0.4, 0.5) is 0 Å². The maximum absolute atomic E-state index is 5.28. The van der Waals surface area contributed by atoms with Crippen LogP contribution in [0.15, 0.2) is 0 Å². The van der Waals surface area contributed by atoms with Gasteiger partial charge in [-0.05, 0) is 12.8 Å². The normalized spacial score (nSPS) is 39.8. The van der Waals surface area contributed by atoms with Crippen LogP contribution < -0.4 is 5.32 Å². The molecular formula is C6H13NO. The van der Waals surface area contributed by atoms with Crippen LogP contribution in [0, 0.1) is 5.92 Å².